The van der Waals surface area contributed by atoms with E-state index in [1.54, 1.807) is 24.3 Å². The predicted octanol–water partition coefficient (Wildman–Crippen LogP) is 3.07. The van der Waals surface area contributed by atoms with Crippen molar-refractivity contribution in [1.82, 2.24) is 10.6 Å². The van der Waals surface area contributed by atoms with Crippen LogP contribution in [0.25, 0.3) is 0 Å². The third-order valence-electron chi connectivity index (χ3n) is 6.35. The zero-order valence-corrected chi connectivity index (χ0v) is 20.4. The molecule has 3 atom stereocenters. The molecule has 0 heterocycles. The van der Waals surface area contributed by atoms with Crippen molar-refractivity contribution in [2.24, 2.45) is 11.1 Å². The Balaban J connectivity index is 1.80. The van der Waals surface area contributed by atoms with Crippen LogP contribution in [0, 0.1) is 5.41 Å². The number of ether oxygens (including phenoxy) is 1. The molecule has 0 spiro atoms. The summed E-state index contributed by atoms with van der Waals surface area (Å²) in [6, 6.07) is 13.3. The average Bonchev–Trinajstić information content (AvgIpc) is 2.82. The first-order chi connectivity index (χ1) is 16.1. The number of nitrogens with two attached hydrogens (primary N) is 1. The van der Waals surface area contributed by atoms with Gasteiger partial charge in [-0.15, -0.1) is 0 Å². The van der Waals surface area contributed by atoms with E-state index in [0.29, 0.717) is 5.56 Å². The maximum atomic E-state index is 13.4. The highest BCUT2D eigenvalue weighted by Gasteiger charge is 2.32. The van der Waals surface area contributed by atoms with Crippen LogP contribution in [0.1, 0.15) is 66.7 Å². The van der Waals surface area contributed by atoms with Gasteiger partial charge in [0.25, 0.3) is 0 Å². The molecule has 1 aliphatic rings. The lowest BCUT2D eigenvalue weighted by molar-refractivity contribution is -0.131. The standard InChI is InChI=1S/C27H35N3O4/c1-27(2,3)23(28)25(32)30-22(16-17-12-14-19(15-13-17)26(33)34-4)24(31)29-21-11-7-9-18-8-5-6-10-20(18)21/h5-6,8,10,12-15,21-23H,7,9,11,16,28H2,1-4H3,(H,29,31)(H,30,32)/t21-,22+,23?/m1/s1. The van der Waals surface area contributed by atoms with Crippen molar-refractivity contribution in [2.75, 3.05) is 7.11 Å². The fourth-order valence-electron chi connectivity index (χ4n) is 4.17. The Hall–Kier alpha value is -3.19. The Bertz CT molecular complexity index is 1030. The molecule has 0 saturated carbocycles. The van der Waals surface area contributed by atoms with Gasteiger partial charge in [-0.05, 0) is 53.5 Å². The van der Waals surface area contributed by atoms with Gasteiger partial charge in [-0.25, -0.2) is 4.79 Å². The highest BCUT2D eigenvalue weighted by molar-refractivity contribution is 5.91. The molecule has 7 nitrogen and oxygen atoms in total. The zero-order valence-electron chi connectivity index (χ0n) is 20.4. The molecule has 1 unspecified atom stereocenters. The molecular formula is C27H35N3O4. The average molecular weight is 466 g/mol. The molecule has 0 saturated heterocycles. The quantitative estimate of drug-likeness (QED) is 0.545. The van der Waals surface area contributed by atoms with Crippen LogP contribution in [0.2, 0.25) is 0 Å². The SMILES string of the molecule is COC(=O)c1ccc(C[C@H](NC(=O)C(N)C(C)(C)C)C(=O)N[C@@H]2CCCc3ccccc32)cc1. The molecule has 0 aromatic heterocycles. The van der Waals surface area contributed by atoms with Gasteiger partial charge in [0.1, 0.15) is 6.04 Å². The van der Waals surface area contributed by atoms with E-state index in [2.05, 4.69) is 16.7 Å². The minimum Gasteiger partial charge on any atom is -0.465 e. The number of aryl methyl sites for hydroxylation is 1. The van der Waals surface area contributed by atoms with Gasteiger partial charge in [-0.3, -0.25) is 9.59 Å². The molecule has 34 heavy (non-hydrogen) atoms. The molecule has 0 fully saturated rings. The van der Waals surface area contributed by atoms with Gasteiger partial charge in [0.15, 0.2) is 0 Å². The molecule has 2 aromatic carbocycles. The van der Waals surface area contributed by atoms with Gasteiger partial charge in [0.05, 0.1) is 24.8 Å². The van der Waals surface area contributed by atoms with E-state index in [9.17, 15) is 14.4 Å². The molecule has 0 bridgehead atoms. The minimum atomic E-state index is -0.807. The van der Waals surface area contributed by atoms with Crippen LogP contribution in [0.5, 0.6) is 0 Å². The van der Waals surface area contributed by atoms with Crippen molar-refractivity contribution in [1.29, 1.82) is 0 Å². The van der Waals surface area contributed by atoms with E-state index in [1.807, 2.05) is 39.0 Å². The highest BCUT2D eigenvalue weighted by atomic mass is 16.5. The molecule has 3 rings (SSSR count). The van der Waals surface area contributed by atoms with Gasteiger partial charge in [-0.2, -0.15) is 0 Å². The van der Waals surface area contributed by atoms with Gasteiger partial charge < -0.3 is 21.1 Å². The summed E-state index contributed by atoms with van der Waals surface area (Å²) >= 11 is 0. The molecule has 0 radical (unpaired) electrons. The van der Waals surface area contributed by atoms with E-state index in [4.69, 9.17) is 10.5 Å². The summed E-state index contributed by atoms with van der Waals surface area (Å²) in [4.78, 5) is 38.0. The van der Waals surface area contributed by atoms with Gasteiger partial charge in [0.2, 0.25) is 11.8 Å². The third kappa shape index (κ3) is 6.23. The van der Waals surface area contributed by atoms with E-state index in [1.165, 1.54) is 12.7 Å². The number of hydrogen-bond donors (Lipinski definition) is 3. The maximum absolute atomic E-state index is 13.4. The van der Waals surface area contributed by atoms with Crippen molar-refractivity contribution in [3.63, 3.8) is 0 Å². The number of nitrogens with one attached hydrogen (secondary N) is 2. The van der Waals surface area contributed by atoms with Crippen LogP contribution in [0.15, 0.2) is 48.5 Å². The number of esters is 1. The monoisotopic (exact) mass is 465 g/mol. The first-order valence-corrected chi connectivity index (χ1v) is 11.7. The number of amides is 2. The third-order valence-corrected chi connectivity index (χ3v) is 6.35. The number of carbonyl (C=O) groups is 3. The normalized spacial score (nSPS) is 17.1. The largest absolute Gasteiger partial charge is 0.465 e. The number of benzene rings is 2. The smallest absolute Gasteiger partial charge is 0.337 e. The molecule has 4 N–H and O–H groups in total. The summed E-state index contributed by atoms with van der Waals surface area (Å²) in [6.07, 6.45) is 3.10. The Labute approximate surface area is 201 Å². The first kappa shape index (κ1) is 25.4. The summed E-state index contributed by atoms with van der Waals surface area (Å²) in [5.74, 6) is -1.06. The Morgan fingerprint density at radius 2 is 1.74 bits per heavy atom. The number of fused-ring (bicyclic) bond motifs is 1. The van der Waals surface area contributed by atoms with E-state index >= 15 is 0 Å². The molecule has 182 valence electrons. The highest BCUT2D eigenvalue weighted by Crippen LogP contribution is 2.29. The van der Waals surface area contributed by atoms with Gasteiger partial charge >= 0.3 is 5.97 Å². The second kappa shape index (κ2) is 10.8. The van der Waals surface area contributed by atoms with Crippen molar-refractivity contribution >= 4 is 17.8 Å². The predicted molar refractivity (Wildman–Crippen MR) is 131 cm³/mol. The second-order valence-corrected chi connectivity index (χ2v) is 9.95. The van der Waals surface area contributed by atoms with Crippen molar-refractivity contribution < 1.29 is 19.1 Å². The van der Waals surface area contributed by atoms with Crippen LogP contribution >= 0.6 is 0 Å². The number of rotatable bonds is 7. The first-order valence-electron chi connectivity index (χ1n) is 11.7. The van der Waals surface area contributed by atoms with Crippen LogP contribution in [0.4, 0.5) is 0 Å². The molecule has 0 aliphatic heterocycles. The summed E-state index contributed by atoms with van der Waals surface area (Å²) in [7, 11) is 1.33. The lowest BCUT2D eigenvalue weighted by atomic mass is 9.86. The molecule has 7 heteroatoms. The fourth-order valence-corrected chi connectivity index (χ4v) is 4.17. The molecule has 2 aromatic rings. The van der Waals surface area contributed by atoms with Crippen molar-refractivity contribution in [3.8, 4) is 0 Å². The Kier molecular flexibility index (Phi) is 8.10. The molecule has 2 amide bonds. The van der Waals surface area contributed by atoms with Crippen molar-refractivity contribution in [3.05, 3.63) is 70.8 Å². The molecular weight excluding hydrogens is 430 g/mol. The van der Waals surface area contributed by atoms with Gasteiger partial charge in [-0.1, -0.05) is 57.2 Å². The van der Waals surface area contributed by atoms with Crippen molar-refractivity contribution in [2.45, 2.75) is 64.6 Å². The topological polar surface area (TPSA) is 111 Å². The van der Waals surface area contributed by atoms with Gasteiger partial charge in [0, 0.05) is 6.42 Å². The number of carbonyl (C=O) groups excluding carboxylic acids is 3. The number of hydrogen-bond acceptors (Lipinski definition) is 5. The Morgan fingerprint density at radius 3 is 2.38 bits per heavy atom. The van der Waals surface area contributed by atoms with E-state index in [0.717, 1.165) is 30.4 Å². The maximum Gasteiger partial charge on any atom is 0.337 e. The van der Waals surface area contributed by atoms with Crippen LogP contribution in [-0.2, 0) is 27.2 Å². The zero-order chi connectivity index (χ0) is 24.9. The van der Waals surface area contributed by atoms with E-state index in [-0.39, 0.29) is 24.3 Å². The van der Waals surface area contributed by atoms with Crippen LogP contribution in [-0.4, -0.2) is 37.0 Å². The Morgan fingerprint density at radius 1 is 1.06 bits per heavy atom. The lowest BCUT2D eigenvalue weighted by Gasteiger charge is -2.30. The molecule has 1 aliphatic carbocycles. The van der Waals surface area contributed by atoms with Crippen LogP contribution in [0.3, 0.4) is 0 Å². The summed E-state index contributed by atoms with van der Waals surface area (Å²) < 4.78 is 4.75. The van der Waals surface area contributed by atoms with E-state index < -0.39 is 23.5 Å². The summed E-state index contributed by atoms with van der Waals surface area (Å²) in [5, 5.41) is 6.01. The summed E-state index contributed by atoms with van der Waals surface area (Å²) in [6.45, 7) is 5.66. The minimum absolute atomic E-state index is 0.102. The second-order valence-electron chi connectivity index (χ2n) is 9.95. The number of methoxy groups -OCH3 is 1. The summed E-state index contributed by atoms with van der Waals surface area (Å²) in [5.41, 5.74) is 9.31. The lowest BCUT2D eigenvalue weighted by Crippen LogP contribution is -2.56. The fraction of sp³-hybridized carbons (Fsp3) is 0.444. The van der Waals surface area contributed by atoms with Crippen LogP contribution < -0.4 is 16.4 Å².